The van der Waals surface area contributed by atoms with Gasteiger partial charge in [-0.25, -0.2) is 0 Å². The Kier molecular flexibility index (Phi) is 6.65. The highest BCUT2D eigenvalue weighted by Crippen LogP contribution is 2.32. The number of hydrogen-bond donors (Lipinski definition) is 2. The van der Waals surface area contributed by atoms with Crippen LogP contribution in [0.2, 0.25) is 5.02 Å². The fraction of sp³-hybridized carbons (Fsp3) is 0.115. The van der Waals surface area contributed by atoms with Gasteiger partial charge in [-0.15, -0.1) is 0 Å². The molecule has 0 aliphatic carbocycles. The van der Waals surface area contributed by atoms with Crippen LogP contribution in [0.3, 0.4) is 0 Å². The molecular weight excluding hydrogens is 456 g/mol. The molecule has 4 aromatic rings. The number of carbonyl (C=O) groups excluding carboxylic acids is 2. The van der Waals surface area contributed by atoms with E-state index in [1.807, 2.05) is 31.2 Å². The Morgan fingerprint density at radius 1 is 0.941 bits per heavy atom. The predicted octanol–water partition coefficient (Wildman–Crippen LogP) is 5.40. The van der Waals surface area contributed by atoms with Gasteiger partial charge in [0.05, 0.1) is 5.39 Å². The quantitative estimate of drug-likeness (QED) is 0.388. The Morgan fingerprint density at radius 3 is 2.24 bits per heavy atom. The number of carbonyl (C=O) groups is 2. The largest absolute Gasteiger partial charge is 0.476 e. The predicted molar refractivity (Wildman–Crippen MR) is 133 cm³/mol. The van der Waals surface area contributed by atoms with E-state index in [1.54, 1.807) is 36.4 Å². The highest BCUT2D eigenvalue weighted by atomic mass is 35.5. The Morgan fingerprint density at radius 2 is 1.59 bits per heavy atom. The number of rotatable bonds is 6. The minimum absolute atomic E-state index is 0.0743. The molecule has 0 saturated heterocycles. The maximum atomic E-state index is 13.2. The van der Waals surface area contributed by atoms with Gasteiger partial charge in [-0.3, -0.25) is 14.4 Å². The number of anilines is 2. The van der Waals surface area contributed by atoms with Crippen molar-refractivity contribution in [2.45, 2.75) is 13.8 Å². The van der Waals surface area contributed by atoms with Crippen molar-refractivity contribution < 1.29 is 18.7 Å². The highest BCUT2D eigenvalue weighted by Gasteiger charge is 2.19. The first kappa shape index (κ1) is 23.1. The van der Waals surface area contributed by atoms with Gasteiger partial charge in [-0.05, 0) is 49.4 Å². The molecule has 8 heteroatoms. The molecule has 2 N–H and O–H groups in total. The molecule has 34 heavy (non-hydrogen) atoms. The minimum Gasteiger partial charge on any atom is -0.476 e. The van der Waals surface area contributed by atoms with E-state index in [0.717, 1.165) is 5.56 Å². The van der Waals surface area contributed by atoms with E-state index in [9.17, 15) is 14.4 Å². The van der Waals surface area contributed by atoms with Crippen LogP contribution in [0.5, 0.6) is 5.75 Å². The lowest BCUT2D eigenvalue weighted by Gasteiger charge is -2.12. The zero-order chi connectivity index (χ0) is 24.2. The Hall–Kier alpha value is -4.10. The van der Waals surface area contributed by atoms with Gasteiger partial charge in [-0.2, -0.15) is 0 Å². The summed E-state index contributed by atoms with van der Waals surface area (Å²) in [7, 11) is 0. The Balaban J connectivity index is 1.60. The van der Waals surface area contributed by atoms with E-state index in [4.69, 9.17) is 20.8 Å². The monoisotopic (exact) mass is 476 g/mol. The average molecular weight is 477 g/mol. The summed E-state index contributed by atoms with van der Waals surface area (Å²) in [5.74, 6) is -0.500. The third-order valence-corrected chi connectivity index (χ3v) is 5.20. The van der Waals surface area contributed by atoms with E-state index in [1.165, 1.54) is 13.0 Å². The van der Waals surface area contributed by atoms with Gasteiger partial charge >= 0.3 is 0 Å². The topological polar surface area (TPSA) is 97.6 Å². The maximum Gasteiger partial charge on any atom is 0.262 e. The normalized spacial score (nSPS) is 10.7. The molecule has 0 spiro atoms. The van der Waals surface area contributed by atoms with Crippen LogP contribution in [-0.4, -0.2) is 18.4 Å². The molecule has 0 aliphatic rings. The molecule has 0 radical (unpaired) electrons. The molecule has 172 valence electrons. The second kappa shape index (κ2) is 9.80. The van der Waals surface area contributed by atoms with Gasteiger partial charge in [-0.1, -0.05) is 41.4 Å². The van der Waals surface area contributed by atoms with Gasteiger partial charge in [0, 0.05) is 28.9 Å². The van der Waals surface area contributed by atoms with Gasteiger partial charge < -0.3 is 19.8 Å². The van der Waals surface area contributed by atoms with E-state index < -0.39 is 17.9 Å². The number of hydrogen-bond acceptors (Lipinski definition) is 5. The zero-order valence-electron chi connectivity index (χ0n) is 18.5. The number of amides is 2. The van der Waals surface area contributed by atoms with Crippen molar-refractivity contribution in [2.75, 3.05) is 17.2 Å². The van der Waals surface area contributed by atoms with Crippen LogP contribution < -0.4 is 20.8 Å². The lowest BCUT2D eigenvalue weighted by molar-refractivity contribution is -0.118. The number of ether oxygens (including phenoxy) is 1. The van der Waals surface area contributed by atoms with Gasteiger partial charge in [0.15, 0.2) is 12.4 Å². The highest BCUT2D eigenvalue weighted by molar-refractivity contribution is 6.31. The van der Waals surface area contributed by atoms with Crippen LogP contribution in [-0.2, 0) is 9.59 Å². The van der Waals surface area contributed by atoms with Gasteiger partial charge in [0.2, 0.25) is 17.1 Å². The second-order valence-corrected chi connectivity index (χ2v) is 8.13. The Bertz CT molecular complexity index is 1430. The molecule has 4 rings (SSSR count). The van der Waals surface area contributed by atoms with Gasteiger partial charge in [0.1, 0.15) is 5.58 Å². The van der Waals surface area contributed by atoms with Crippen molar-refractivity contribution in [3.8, 4) is 17.1 Å². The lowest BCUT2D eigenvalue weighted by atomic mass is 10.1. The third kappa shape index (κ3) is 5.27. The van der Waals surface area contributed by atoms with Crippen LogP contribution in [0.15, 0.2) is 75.9 Å². The SMILES string of the molecule is CC(=O)Nc1ccc(NC(=O)COc2c(-c3ccc(C)cc3)oc3ccc(Cl)cc3c2=O)cc1. The lowest BCUT2D eigenvalue weighted by Crippen LogP contribution is -2.22. The molecular formula is C26H21ClN2O5. The van der Waals surface area contributed by atoms with E-state index in [-0.39, 0.29) is 22.8 Å². The fourth-order valence-electron chi connectivity index (χ4n) is 3.35. The molecule has 0 aliphatic heterocycles. The standard InChI is InChI=1S/C26H21ClN2O5/c1-15-3-5-17(6-4-15)25-26(24(32)21-13-18(27)7-12-22(21)34-25)33-14-23(31)29-20-10-8-19(9-11-20)28-16(2)30/h3-13H,14H2,1-2H3,(H,28,30)(H,29,31). The van der Waals surface area contributed by atoms with Crippen molar-refractivity contribution in [1.29, 1.82) is 0 Å². The molecule has 0 saturated carbocycles. The summed E-state index contributed by atoms with van der Waals surface area (Å²) in [4.78, 5) is 36.9. The summed E-state index contributed by atoms with van der Waals surface area (Å²) in [6.07, 6.45) is 0. The van der Waals surface area contributed by atoms with E-state index >= 15 is 0 Å². The number of nitrogens with one attached hydrogen (secondary N) is 2. The fourth-order valence-corrected chi connectivity index (χ4v) is 3.52. The van der Waals surface area contributed by atoms with Crippen molar-refractivity contribution in [2.24, 2.45) is 0 Å². The van der Waals surface area contributed by atoms with Gasteiger partial charge in [0.25, 0.3) is 5.91 Å². The first-order chi connectivity index (χ1) is 16.3. The molecule has 7 nitrogen and oxygen atoms in total. The molecule has 0 atom stereocenters. The first-order valence-electron chi connectivity index (χ1n) is 10.4. The summed E-state index contributed by atoms with van der Waals surface area (Å²) in [6, 6.07) is 18.8. The van der Waals surface area contributed by atoms with E-state index in [0.29, 0.717) is 27.5 Å². The molecule has 0 fully saturated rings. The summed E-state index contributed by atoms with van der Waals surface area (Å²) < 4.78 is 11.7. The van der Waals surface area contributed by atoms with Crippen LogP contribution in [0.1, 0.15) is 12.5 Å². The van der Waals surface area contributed by atoms with Crippen LogP contribution >= 0.6 is 11.6 Å². The van der Waals surface area contributed by atoms with Crippen molar-refractivity contribution >= 4 is 45.8 Å². The number of fused-ring (bicyclic) bond motifs is 1. The third-order valence-electron chi connectivity index (χ3n) is 4.96. The summed E-state index contributed by atoms with van der Waals surface area (Å²) in [6.45, 7) is 2.95. The summed E-state index contributed by atoms with van der Waals surface area (Å²) in [5, 5.41) is 5.99. The summed E-state index contributed by atoms with van der Waals surface area (Å²) >= 11 is 6.07. The number of benzene rings is 3. The smallest absolute Gasteiger partial charge is 0.262 e. The molecule has 0 unspecified atom stereocenters. The van der Waals surface area contributed by atoms with Crippen LogP contribution in [0.25, 0.3) is 22.3 Å². The first-order valence-corrected chi connectivity index (χ1v) is 10.8. The minimum atomic E-state index is -0.465. The molecule has 2 amide bonds. The number of halogens is 1. The number of aryl methyl sites for hydroxylation is 1. The maximum absolute atomic E-state index is 13.2. The van der Waals surface area contributed by atoms with Crippen molar-refractivity contribution in [3.05, 3.63) is 87.5 Å². The molecule has 3 aromatic carbocycles. The zero-order valence-corrected chi connectivity index (χ0v) is 19.2. The van der Waals surface area contributed by atoms with Crippen LogP contribution in [0.4, 0.5) is 11.4 Å². The molecule has 1 heterocycles. The van der Waals surface area contributed by atoms with E-state index in [2.05, 4.69) is 10.6 Å². The van der Waals surface area contributed by atoms with Crippen LogP contribution in [0, 0.1) is 6.92 Å². The van der Waals surface area contributed by atoms with Crippen molar-refractivity contribution in [1.82, 2.24) is 0 Å². The Labute approximate surface area is 200 Å². The average Bonchev–Trinajstić information content (AvgIpc) is 2.80. The molecule has 0 bridgehead atoms. The molecule has 1 aromatic heterocycles. The second-order valence-electron chi connectivity index (χ2n) is 7.69. The summed E-state index contributed by atoms with van der Waals surface area (Å²) in [5.41, 5.74) is 2.75. The van der Waals surface area contributed by atoms with Crippen molar-refractivity contribution in [3.63, 3.8) is 0 Å².